The molecular weight excluding hydrogens is 244 g/mol. The summed E-state index contributed by atoms with van der Waals surface area (Å²) in [6.07, 6.45) is 3.67. The van der Waals surface area contributed by atoms with Gasteiger partial charge in [0.25, 0.3) is 0 Å². The molecule has 19 heavy (non-hydrogen) atoms. The average molecular weight is 266 g/mol. The van der Waals surface area contributed by atoms with E-state index >= 15 is 0 Å². The minimum absolute atomic E-state index is 0.0737. The van der Waals surface area contributed by atoms with Crippen molar-refractivity contribution in [2.24, 2.45) is 0 Å². The van der Waals surface area contributed by atoms with Gasteiger partial charge in [0.2, 0.25) is 0 Å². The molecule has 1 aliphatic carbocycles. The molecule has 0 bridgehead atoms. The summed E-state index contributed by atoms with van der Waals surface area (Å²) in [4.78, 5) is 0. The molecule has 2 rings (SSSR count). The van der Waals surface area contributed by atoms with E-state index in [1.54, 1.807) is 21.3 Å². The molecule has 4 heteroatoms. The topological polar surface area (TPSA) is 47.9 Å². The molecule has 1 fully saturated rings. The zero-order valence-corrected chi connectivity index (χ0v) is 11.8. The highest BCUT2D eigenvalue weighted by Gasteiger charge is 2.30. The van der Waals surface area contributed by atoms with Crippen molar-refractivity contribution in [1.29, 1.82) is 0 Å². The van der Waals surface area contributed by atoms with E-state index in [0.29, 0.717) is 5.75 Å². The Morgan fingerprint density at radius 1 is 0.947 bits per heavy atom. The van der Waals surface area contributed by atoms with E-state index in [9.17, 15) is 5.11 Å². The first kappa shape index (κ1) is 14.0. The molecule has 0 aliphatic heterocycles. The standard InChI is InChI=1S/C15H22O4/c1-17-10-8-13(18-2)15(14(9-10)19-3)11-6-4-5-7-12(11)16/h8-9,11-12,16H,4-7H2,1-3H3/t11-,12+/m1/s1. The third-order valence-corrected chi connectivity index (χ3v) is 3.85. The van der Waals surface area contributed by atoms with Gasteiger partial charge in [-0.05, 0) is 12.8 Å². The van der Waals surface area contributed by atoms with Gasteiger partial charge in [-0.1, -0.05) is 12.8 Å². The molecule has 106 valence electrons. The number of rotatable bonds is 4. The van der Waals surface area contributed by atoms with E-state index in [1.165, 1.54) is 0 Å². The van der Waals surface area contributed by atoms with E-state index in [-0.39, 0.29) is 12.0 Å². The maximum Gasteiger partial charge on any atom is 0.129 e. The number of hydrogen-bond acceptors (Lipinski definition) is 4. The highest BCUT2D eigenvalue weighted by molar-refractivity contribution is 5.53. The fourth-order valence-corrected chi connectivity index (χ4v) is 2.85. The van der Waals surface area contributed by atoms with Gasteiger partial charge in [0.05, 0.1) is 27.4 Å². The van der Waals surface area contributed by atoms with Crippen molar-refractivity contribution in [2.45, 2.75) is 37.7 Å². The van der Waals surface area contributed by atoms with Crippen LogP contribution in [0, 0.1) is 0 Å². The highest BCUT2D eigenvalue weighted by Crippen LogP contribution is 2.44. The van der Waals surface area contributed by atoms with Gasteiger partial charge in [-0.2, -0.15) is 0 Å². The summed E-state index contributed by atoms with van der Waals surface area (Å²) in [7, 11) is 4.88. The Labute approximate surface area is 114 Å². The fraction of sp³-hybridized carbons (Fsp3) is 0.600. The maximum atomic E-state index is 10.2. The normalized spacial score (nSPS) is 22.9. The summed E-state index contributed by atoms with van der Waals surface area (Å²) in [5.41, 5.74) is 0.956. The van der Waals surface area contributed by atoms with Crippen LogP contribution in [-0.2, 0) is 0 Å². The van der Waals surface area contributed by atoms with Crippen LogP contribution in [0.5, 0.6) is 17.2 Å². The molecule has 0 saturated heterocycles. The van der Waals surface area contributed by atoms with Crippen molar-refractivity contribution in [2.75, 3.05) is 21.3 Å². The van der Waals surface area contributed by atoms with Gasteiger partial charge >= 0.3 is 0 Å². The van der Waals surface area contributed by atoms with Gasteiger partial charge < -0.3 is 19.3 Å². The van der Waals surface area contributed by atoms with Crippen molar-refractivity contribution in [1.82, 2.24) is 0 Å². The van der Waals surface area contributed by atoms with Gasteiger partial charge in [-0.25, -0.2) is 0 Å². The Bertz CT molecular complexity index is 405. The lowest BCUT2D eigenvalue weighted by atomic mass is 9.81. The third kappa shape index (κ3) is 2.78. The van der Waals surface area contributed by atoms with E-state index in [4.69, 9.17) is 14.2 Å². The molecule has 4 nitrogen and oxygen atoms in total. The molecule has 0 spiro atoms. The Morgan fingerprint density at radius 2 is 1.53 bits per heavy atom. The monoisotopic (exact) mass is 266 g/mol. The SMILES string of the molecule is COc1cc(OC)c([C@@H]2CCCC[C@@H]2O)c(OC)c1. The smallest absolute Gasteiger partial charge is 0.129 e. The second kappa shape index (κ2) is 6.15. The summed E-state index contributed by atoms with van der Waals surface area (Å²) < 4.78 is 16.2. The van der Waals surface area contributed by atoms with Crippen LogP contribution in [0.3, 0.4) is 0 Å². The van der Waals surface area contributed by atoms with Crippen molar-refractivity contribution in [3.05, 3.63) is 17.7 Å². The maximum absolute atomic E-state index is 10.2. The van der Waals surface area contributed by atoms with Gasteiger partial charge in [0.1, 0.15) is 17.2 Å². The second-order valence-corrected chi connectivity index (χ2v) is 4.90. The Hall–Kier alpha value is -1.42. The molecule has 0 aromatic heterocycles. The first-order chi connectivity index (χ1) is 9.21. The molecule has 0 heterocycles. The van der Waals surface area contributed by atoms with Gasteiger partial charge in [0.15, 0.2) is 0 Å². The number of ether oxygens (including phenoxy) is 3. The Kier molecular flexibility index (Phi) is 4.53. The lowest BCUT2D eigenvalue weighted by Gasteiger charge is -2.30. The number of aliphatic hydroxyl groups is 1. The van der Waals surface area contributed by atoms with Crippen molar-refractivity contribution < 1.29 is 19.3 Å². The van der Waals surface area contributed by atoms with Crippen LogP contribution in [0.25, 0.3) is 0 Å². The minimum Gasteiger partial charge on any atom is -0.496 e. The molecule has 1 saturated carbocycles. The van der Waals surface area contributed by atoms with Crippen LogP contribution in [0.2, 0.25) is 0 Å². The molecule has 1 aromatic carbocycles. The first-order valence-electron chi connectivity index (χ1n) is 6.69. The summed E-state index contributed by atoms with van der Waals surface area (Å²) in [5.74, 6) is 2.22. The summed E-state index contributed by atoms with van der Waals surface area (Å²) >= 11 is 0. The van der Waals surface area contributed by atoms with E-state index in [1.807, 2.05) is 12.1 Å². The van der Waals surface area contributed by atoms with Crippen LogP contribution < -0.4 is 14.2 Å². The van der Waals surface area contributed by atoms with Gasteiger partial charge in [0, 0.05) is 23.6 Å². The van der Waals surface area contributed by atoms with E-state index < -0.39 is 0 Å². The van der Waals surface area contributed by atoms with Crippen LogP contribution >= 0.6 is 0 Å². The second-order valence-electron chi connectivity index (χ2n) is 4.90. The van der Waals surface area contributed by atoms with Gasteiger partial charge in [-0.3, -0.25) is 0 Å². The highest BCUT2D eigenvalue weighted by atomic mass is 16.5. The van der Waals surface area contributed by atoms with Crippen LogP contribution in [0.4, 0.5) is 0 Å². The average Bonchev–Trinajstić information content (AvgIpc) is 2.46. The quantitative estimate of drug-likeness (QED) is 0.910. The molecular formula is C15H22O4. The fourth-order valence-electron chi connectivity index (χ4n) is 2.85. The number of aliphatic hydroxyl groups excluding tert-OH is 1. The van der Waals surface area contributed by atoms with Crippen molar-refractivity contribution in [3.63, 3.8) is 0 Å². The predicted octanol–water partition coefficient (Wildman–Crippen LogP) is 2.73. The molecule has 0 amide bonds. The molecule has 1 aromatic rings. The third-order valence-electron chi connectivity index (χ3n) is 3.85. The molecule has 2 atom stereocenters. The van der Waals surface area contributed by atoms with Crippen LogP contribution in [-0.4, -0.2) is 32.5 Å². The van der Waals surface area contributed by atoms with Crippen molar-refractivity contribution in [3.8, 4) is 17.2 Å². The summed E-state index contributed by atoms with van der Waals surface area (Å²) in [6.45, 7) is 0. The van der Waals surface area contributed by atoms with E-state index in [0.717, 1.165) is 42.7 Å². The lowest BCUT2D eigenvalue weighted by Crippen LogP contribution is -2.23. The molecule has 1 aliphatic rings. The van der Waals surface area contributed by atoms with Crippen LogP contribution in [0.1, 0.15) is 37.2 Å². The van der Waals surface area contributed by atoms with Crippen LogP contribution in [0.15, 0.2) is 12.1 Å². The molecule has 0 radical (unpaired) electrons. The zero-order chi connectivity index (χ0) is 13.8. The van der Waals surface area contributed by atoms with Gasteiger partial charge in [-0.15, -0.1) is 0 Å². The van der Waals surface area contributed by atoms with E-state index in [2.05, 4.69) is 0 Å². The molecule has 0 unspecified atom stereocenters. The Balaban J connectivity index is 2.46. The minimum atomic E-state index is -0.329. The number of methoxy groups -OCH3 is 3. The number of benzene rings is 1. The molecule has 1 N–H and O–H groups in total. The number of hydrogen-bond donors (Lipinski definition) is 1. The largest absolute Gasteiger partial charge is 0.496 e. The van der Waals surface area contributed by atoms with Crippen molar-refractivity contribution >= 4 is 0 Å². The summed E-state index contributed by atoms with van der Waals surface area (Å²) in [5, 5.41) is 10.2. The zero-order valence-electron chi connectivity index (χ0n) is 11.8. The summed E-state index contributed by atoms with van der Waals surface area (Å²) in [6, 6.07) is 3.69. The predicted molar refractivity (Wildman–Crippen MR) is 73.3 cm³/mol. The lowest BCUT2D eigenvalue weighted by molar-refractivity contribution is 0.103. The first-order valence-corrected chi connectivity index (χ1v) is 6.69. The Morgan fingerprint density at radius 3 is 2.00 bits per heavy atom.